The fraction of sp³-hybridized carbons (Fsp3) is 0.316. The molecule has 0 aliphatic heterocycles. The summed E-state index contributed by atoms with van der Waals surface area (Å²) in [5.41, 5.74) is 2.80. The number of rotatable bonds is 3. The summed E-state index contributed by atoms with van der Waals surface area (Å²) in [4.78, 5) is 12.2. The summed E-state index contributed by atoms with van der Waals surface area (Å²) < 4.78 is 6.48. The Hall–Kier alpha value is -1.81. The molecule has 0 radical (unpaired) electrons. The van der Waals surface area contributed by atoms with Crippen molar-refractivity contribution in [3.63, 3.8) is 0 Å². The summed E-state index contributed by atoms with van der Waals surface area (Å²) >= 11 is 3.47. The van der Waals surface area contributed by atoms with Gasteiger partial charge in [0.1, 0.15) is 6.10 Å². The molecule has 0 heterocycles. The second kappa shape index (κ2) is 7.64. The first-order valence-electron chi connectivity index (χ1n) is 8.05. The van der Waals surface area contributed by atoms with Crippen molar-refractivity contribution in [1.29, 1.82) is 0 Å². The van der Waals surface area contributed by atoms with Crippen molar-refractivity contribution in [2.75, 3.05) is 5.32 Å². The van der Waals surface area contributed by atoms with Gasteiger partial charge in [-0.3, -0.25) is 5.32 Å². The Labute approximate surface area is 145 Å². The van der Waals surface area contributed by atoms with Crippen molar-refractivity contribution in [3.05, 3.63) is 53.0 Å². The van der Waals surface area contributed by atoms with Crippen LogP contribution < -0.4 is 5.32 Å². The lowest BCUT2D eigenvalue weighted by Crippen LogP contribution is -2.24. The number of benzene rings is 2. The van der Waals surface area contributed by atoms with E-state index >= 15 is 0 Å². The van der Waals surface area contributed by atoms with E-state index in [1.54, 1.807) is 0 Å². The Morgan fingerprint density at radius 3 is 2.52 bits per heavy atom. The van der Waals surface area contributed by atoms with Crippen LogP contribution in [-0.4, -0.2) is 12.2 Å². The molecule has 2 aromatic rings. The van der Waals surface area contributed by atoms with E-state index in [-0.39, 0.29) is 12.2 Å². The third-order valence-corrected chi connectivity index (χ3v) is 4.62. The quantitative estimate of drug-likeness (QED) is 0.716. The van der Waals surface area contributed by atoms with E-state index in [9.17, 15) is 4.79 Å². The van der Waals surface area contributed by atoms with E-state index in [4.69, 9.17) is 4.74 Å². The molecule has 0 aromatic heterocycles. The summed E-state index contributed by atoms with van der Waals surface area (Å²) in [5, 5.41) is 2.91. The van der Waals surface area contributed by atoms with Gasteiger partial charge in [-0.1, -0.05) is 58.7 Å². The van der Waals surface area contributed by atoms with Crippen LogP contribution in [0.15, 0.2) is 53.0 Å². The first-order valence-corrected chi connectivity index (χ1v) is 8.84. The third-order valence-electron chi connectivity index (χ3n) is 4.13. The van der Waals surface area contributed by atoms with Crippen LogP contribution in [0.25, 0.3) is 11.1 Å². The molecular formula is C19H20BrNO2. The summed E-state index contributed by atoms with van der Waals surface area (Å²) in [5.74, 6) is 0. The van der Waals surface area contributed by atoms with Crippen LogP contribution in [0.2, 0.25) is 0 Å². The summed E-state index contributed by atoms with van der Waals surface area (Å²) in [6, 6.07) is 15.9. The highest BCUT2D eigenvalue weighted by atomic mass is 79.9. The number of anilines is 1. The molecule has 1 amide bonds. The lowest BCUT2D eigenvalue weighted by molar-refractivity contribution is 0.0865. The predicted molar refractivity (Wildman–Crippen MR) is 96.6 cm³/mol. The minimum Gasteiger partial charge on any atom is -0.446 e. The topological polar surface area (TPSA) is 38.3 Å². The van der Waals surface area contributed by atoms with E-state index in [1.807, 2.05) is 48.5 Å². The highest BCUT2D eigenvalue weighted by molar-refractivity contribution is 9.10. The summed E-state index contributed by atoms with van der Waals surface area (Å²) in [6.45, 7) is 0. The maximum absolute atomic E-state index is 12.2. The Balaban J connectivity index is 1.76. The minimum atomic E-state index is -0.368. The fourth-order valence-corrected chi connectivity index (χ4v) is 3.32. The van der Waals surface area contributed by atoms with Gasteiger partial charge >= 0.3 is 6.09 Å². The van der Waals surface area contributed by atoms with E-state index in [0.717, 1.165) is 47.0 Å². The molecule has 4 heteroatoms. The zero-order valence-electron chi connectivity index (χ0n) is 12.9. The number of carbonyl (C=O) groups is 1. The molecule has 0 saturated heterocycles. The second-order valence-corrected chi connectivity index (χ2v) is 6.76. The van der Waals surface area contributed by atoms with Crippen LogP contribution in [0.5, 0.6) is 0 Å². The monoisotopic (exact) mass is 373 g/mol. The number of nitrogens with one attached hydrogen (secondary N) is 1. The molecule has 0 spiro atoms. The van der Waals surface area contributed by atoms with Gasteiger partial charge in [-0.05, 0) is 43.4 Å². The van der Waals surface area contributed by atoms with Crippen molar-refractivity contribution in [2.45, 2.75) is 38.2 Å². The molecule has 0 atom stereocenters. The molecule has 1 aliphatic rings. The average molecular weight is 374 g/mol. The Morgan fingerprint density at radius 1 is 1.04 bits per heavy atom. The van der Waals surface area contributed by atoms with Crippen molar-refractivity contribution in [2.24, 2.45) is 0 Å². The number of hydrogen-bond donors (Lipinski definition) is 1. The lowest BCUT2D eigenvalue weighted by atomic mass is 9.98. The van der Waals surface area contributed by atoms with Crippen molar-refractivity contribution < 1.29 is 9.53 Å². The molecule has 23 heavy (non-hydrogen) atoms. The van der Waals surface area contributed by atoms with Gasteiger partial charge in [0, 0.05) is 10.0 Å². The molecule has 2 aromatic carbocycles. The molecular weight excluding hydrogens is 354 g/mol. The van der Waals surface area contributed by atoms with Crippen LogP contribution in [0.4, 0.5) is 10.5 Å². The van der Waals surface area contributed by atoms with Gasteiger partial charge in [-0.25, -0.2) is 4.79 Å². The molecule has 0 bridgehead atoms. The predicted octanol–water partition coefficient (Wildman–Crippen LogP) is 6.00. The number of halogens is 1. The van der Waals surface area contributed by atoms with Gasteiger partial charge in [-0.15, -0.1) is 0 Å². The standard InChI is InChI=1S/C19H20BrNO2/c20-15-11-12-17(14-7-3-1-4-8-14)18(13-15)21-19(22)23-16-9-5-2-6-10-16/h1,3-4,7-8,11-13,16H,2,5-6,9-10H2,(H,21,22). The fourth-order valence-electron chi connectivity index (χ4n) is 2.96. The van der Waals surface area contributed by atoms with Crippen LogP contribution >= 0.6 is 15.9 Å². The largest absolute Gasteiger partial charge is 0.446 e. The lowest BCUT2D eigenvalue weighted by Gasteiger charge is -2.22. The maximum Gasteiger partial charge on any atom is 0.411 e. The van der Waals surface area contributed by atoms with Crippen LogP contribution in [0, 0.1) is 0 Å². The zero-order chi connectivity index (χ0) is 16.1. The van der Waals surface area contributed by atoms with Crippen LogP contribution in [0.3, 0.4) is 0 Å². The molecule has 1 fully saturated rings. The highest BCUT2D eigenvalue weighted by Crippen LogP contribution is 2.31. The van der Waals surface area contributed by atoms with Crippen LogP contribution in [-0.2, 0) is 4.74 Å². The molecule has 1 N–H and O–H groups in total. The van der Waals surface area contributed by atoms with E-state index < -0.39 is 0 Å². The van der Waals surface area contributed by atoms with Gasteiger partial charge in [0.25, 0.3) is 0 Å². The Morgan fingerprint density at radius 2 is 1.78 bits per heavy atom. The Bertz CT molecular complexity index is 666. The van der Waals surface area contributed by atoms with E-state index in [2.05, 4.69) is 21.2 Å². The molecule has 1 aliphatic carbocycles. The third kappa shape index (κ3) is 4.35. The molecule has 1 saturated carbocycles. The SMILES string of the molecule is O=C(Nc1cc(Br)ccc1-c1ccccc1)OC1CCCCC1. The molecule has 3 nitrogen and oxygen atoms in total. The number of amides is 1. The number of ether oxygens (including phenoxy) is 1. The van der Waals surface area contributed by atoms with E-state index in [1.165, 1.54) is 6.42 Å². The van der Waals surface area contributed by atoms with Gasteiger partial charge in [-0.2, -0.15) is 0 Å². The van der Waals surface area contributed by atoms with Gasteiger partial charge in [0.15, 0.2) is 0 Å². The van der Waals surface area contributed by atoms with Gasteiger partial charge in [0.2, 0.25) is 0 Å². The molecule has 0 unspecified atom stereocenters. The first-order chi connectivity index (χ1) is 11.2. The first kappa shape index (κ1) is 16.1. The maximum atomic E-state index is 12.2. The Kier molecular flexibility index (Phi) is 5.34. The van der Waals surface area contributed by atoms with Gasteiger partial charge in [0.05, 0.1) is 5.69 Å². The zero-order valence-corrected chi connectivity index (χ0v) is 14.5. The summed E-state index contributed by atoms with van der Waals surface area (Å²) in [6.07, 6.45) is 5.15. The smallest absolute Gasteiger partial charge is 0.411 e. The van der Waals surface area contributed by atoms with Gasteiger partial charge < -0.3 is 4.74 Å². The van der Waals surface area contributed by atoms with Crippen molar-refractivity contribution in [3.8, 4) is 11.1 Å². The van der Waals surface area contributed by atoms with E-state index in [0.29, 0.717) is 0 Å². The molecule has 3 rings (SSSR count). The number of carbonyl (C=O) groups excluding carboxylic acids is 1. The summed E-state index contributed by atoms with van der Waals surface area (Å²) in [7, 11) is 0. The van der Waals surface area contributed by atoms with Crippen molar-refractivity contribution >= 4 is 27.7 Å². The number of hydrogen-bond acceptors (Lipinski definition) is 2. The minimum absolute atomic E-state index is 0.0519. The normalized spacial score (nSPS) is 15.2. The average Bonchev–Trinajstić information content (AvgIpc) is 2.56. The highest BCUT2D eigenvalue weighted by Gasteiger charge is 2.18. The van der Waals surface area contributed by atoms with Crippen LogP contribution in [0.1, 0.15) is 32.1 Å². The molecule has 120 valence electrons. The second-order valence-electron chi connectivity index (χ2n) is 5.85. The van der Waals surface area contributed by atoms with Crippen molar-refractivity contribution in [1.82, 2.24) is 0 Å².